The van der Waals surface area contributed by atoms with E-state index in [-0.39, 0.29) is 0 Å². The van der Waals surface area contributed by atoms with Crippen LogP contribution in [0.1, 0.15) is 19.4 Å². The molecule has 1 rings (SSSR count). The van der Waals surface area contributed by atoms with Gasteiger partial charge in [0.2, 0.25) is 0 Å². The quantitative estimate of drug-likeness (QED) is 0.582. The molecule has 0 heteroatoms. The molecule has 0 unspecified atom stereocenters. The standard InChI is InChI=1S/C10H13/c1-9(2)8-10-6-4-3-5-7-10/h3-4,6-7,9H,8H2,1-2H3. The van der Waals surface area contributed by atoms with Crippen molar-refractivity contribution >= 4 is 0 Å². The molecule has 0 nitrogen and oxygen atoms in total. The molecule has 0 aliphatic rings. The summed E-state index contributed by atoms with van der Waals surface area (Å²) >= 11 is 0. The maximum atomic E-state index is 3.07. The first-order chi connectivity index (χ1) is 4.79. The van der Waals surface area contributed by atoms with E-state index < -0.39 is 0 Å². The van der Waals surface area contributed by atoms with E-state index in [1.165, 1.54) is 5.56 Å². The summed E-state index contributed by atoms with van der Waals surface area (Å²) in [5.41, 5.74) is 1.39. The molecule has 0 aliphatic carbocycles. The summed E-state index contributed by atoms with van der Waals surface area (Å²) in [5, 5.41) is 0. The largest absolute Gasteiger partial charge is 0.0625 e. The van der Waals surface area contributed by atoms with Gasteiger partial charge >= 0.3 is 0 Å². The molecule has 0 atom stereocenters. The van der Waals surface area contributed by atoms with Crippen LogP contribution in [0.3, 0.4) is 0 Å². The molecular formula is C10H13. The maximum Gasteiger partial charge on any atom is -0.0181 e. The topological polar surface area (TPSA) is 0 Å². The summed E-state index contributed by atoms with van der Waals surface area (Å²) in [7, 11) is 0. The van der Waals surface area contributed by atoms with Crippen LogP contribution in [0, 0.1) is 12.0 Å². The van der Waals surface area contributed by atoms with Crippen LogP contribution < -0.4 is 0 Å². The Hall–Kier alpha value is -0.780. The fourth-order valence-electron chi connectivity index (χ4n) is 1.03. The minimum absolute atomic E-state index is 0.746. The predicted octanol–water partition coefficient (Wildman–Crippen LogP) is 2.69. The second-order valence-electron chi connectivity index (χ2n) is 3.01. The van der Waals surface area contributed by atoms with Crippen molar-refractivity contribution in [1.29, 1.82) is 0 Å². The fourth-order valence-corrected chi connectivity index (χ4v) is 1.03. The van der Waals surface area contributed by atoms with Crippen molar-refractivity contribution < 1.29 is 0 Å². The van der Waals surface area contributed by atoms with Crippen LogP contribution in [0.25, 0.3) is 0 Å². The SMILES string of the molecule is CC(C)Cc1c[c]ccc1. The van der Waals surface area contributed by atoms with Gasteiger partial charge in [0.05, 0.1) is 0 Å². The first-order valence-corrected chi connectivity index (χ1v) is 3.74. The van der Waals surface area contributed by atoms with E-state index in [0.717, 1.165) is 12.3 Å². The second kappa shape index (κ2) is 3.40. The average molecular weight is 133 g/mol. The summed E-state index contributed by atoms with van der Waals surface area (Å²) in [5.74, 6) is 0.746. The lowest BCUT2D eigenvalue weighted by Gasteiger charge is -2.02. The van der Waals surface area contributed by atoms with Crippen LogP contribution in [-0.4, -0.2) is 0 Å². The van der Waals surface area contributed by atoms with E-state index >= 15 is 0 Å². The van der Waals surface area contributed by atoms with Crippen molar-refractivity contribution in [1.82, 2.24) is 0 Å². The lowest BCUT2D eigenvalue weighted by Crippen LogP contribution is -1.92. The van der Waals surface area contributed by atoms with E-state index in [1.54, 1.807) is 0 Å². The third kappa shape index (κ3) is 2.22. The Labute approximate surface area is 62.9 Å². The molecule has 0 N–H and O–H groups in total. The monoisotopic (exact) mass is 133 g/mol. The molecule has 0 heterocycles. The average Bonchev–Trinajstić information content (AvgIpc) is 1.88. The van der Waals surface area contributed by atoms with Gasteiger partial charge in [0, 0.05) is 0 Å². The Balaban J connectivity index is 2.59. The summed E-state index contributed by atoms with van der Waals surface area (Å²) in [4.78, 5) is 0. The number of benzene rings is 1. The number of hydrogen-bond donors (Lipinski definition) is 0. The summed E-state index contributed by atoms with van der Waals surface area (Å²) < 4.78 is 0. The van der Waals surface area contributed by atoms with Crippen molar-refractivity contribution in [2.24, 2.45) is 5.92 Å². The highest BCUT2D eigenvalue weighted by molar-refractivity contribution is 5.13. The molecule has 0 aromatic heterocycles. The highest BCUT2D eigenvalue weighted by atomic mass is 14.0. The predicted molar refractivity (Wildman–Crippen MR) is 43.8 cm³/mol. The third-order valence-corrected chi connectivity index (χ3v) is 1.42. The number of hydrogen-bond acceptors (Lipinski definition) is 0. The smallest absolute Gasteiger partial charge is 0.0181 e. The molecule has 0 saturated heterocycles. The van der Waals surface area contributed by atoms with Gasteiger partial charge in [0.25, 0.3) is 0 Å². The van der Waals surface area contributed by atoms with Crippen LogP contribution in [-0.2, 0) is 6.42 Å². The van der Waals surface area contributed by atoms with Gasteiger partial charge in [-0.05, 0) is 24.0 Å². The van der Waals surface area contributed by atoms with Gasteiger partial charge in [-0.25, -0.2) is 0 Å². The van der Waals surface area contributed by atoms with Crippen molar-refractivity contribution in [2.45, 2.75) is 20.3 Å². The zero-order valence-electron chi connectivity index (χ0n) is 6.59. The van der Waals surface area contributed by atoms with E-state index in [4.69, 9.17) is 0 Å². The van der Waals surface area contributed by atoms with Gasteiger partial charge in [-0.3, -0.25) is 0 Å². The second-order valence-corrected chi connectivity index (χ2v) is 3.01. The molecule has 0 fully saturated rings. The number of rotatable bonds is 2. The van der Waals surface area contributed by atoms with Crippen LogP contribution in [0.15, 0.2) is 24.3 Å². The molecule has 0 saturated carbocycles. The van der Waals surface area contributed by atoms with Crippen LogP contribution in [0.2, 0.25) is 0 Å². The Morgan fingerprint density at radius 3 is 2.80 bits per heavy atom. The molecular weight excluding hydrogens is 120 g/mol. The first-order valence-electron chi connectivity index (χ1n) is 3.74. The maximum absolute atomic E-state index is 3.07. The van der Waals surface area contributed by atoms with Crippen molar-refractivity contribution in [2.75, 3.05) is 0 Å². The summed E-state index contributed by atoms with van der Waals surface area (Å²) in [6.45, 7) is 4.46. The molecule has 0 bridgehead atoms. The van der Waals surface area contributed by atoms with Gasteiger partial charge in [-0.2, -0.15) is 0 Å². The molecule has 0 spiro atoms. The van der Waals surface area contributed by atoms with Crippen LogP contribution in [0.4, 0.5) is 0 Å². The zero-order chi connectivity index (χ0) is 7.40. The van der Waals surface area contributed by atoms with E-state index in [2.05, 4.69) is 32.0 Å². The minimum Gasteiger partial charge on any atom is -0.0625 e. The molecule has 10 heavy (non-hydrogen) atoms. The van der Waals surface area contributed by atoms with Crippen molar-refractivity contribution in [3.63, 3.8) is 0 Å². The molecule has 1 radical (unpaired) electrons. The van der Waals surface area contributed by atoms with E-state index in [9.17, 15) is 0 Å². The first kappa shape index (κ1) is 7.33. The molecule has 1 aromatic carbocycles. The van der Waals surface area contributed by atoms with Gasteiger partial charge < -0.3 is 0 Å². The van der Waals surface area contributed by atoms with E-state index in [0.29, 0.717) is 0 Å². The van der Waals surface area contributed by atoms with Gasteiger partial charge in [0.1, 0.15) is 0 Å². The highest BCUT2D eigenvalue weighted by Crippen LogP contribution is 2.05. The minimum atomic E-state index is 0.746. The summed E-state index contributed by atoms with van der Waals surface area (Å²) in [6.07, 6.45) is 1.16. The van der Waals surface area contributed by atoms with E-state index in [1.807, 2.05) is 12.1 Å². The van der Waals surface area contributed by atoms with Crippen molar-refractivity contribution in [3.05, 3.63) is 35.9 Å². The molecule has 1 aromatic rings. The zero-order valence-corrected chi connectivity index (χ0v) is 6.59. The third-order valence-electron chi connectivity index (χ3n) is 1.42. The normalized spacial score (nSPS) is 10.3. The van der Waals surface area contributed by atoms with Crippen molar-refractivity contribution in [3.8, 4) is 0 Å². The molecule has 53 valence electrons. The molecule has 0 aliphatic heterocycles. The Bertz CT molecular complexity index is 174. The Morgan fingerprint density at radius 2 is 2.30 bits per heavy atom. The fraction of sp³-hybridized carbons (Fsp3) is 0.400. The summed E-state index contributed by atoms with van der Waals surface area (Å²) in [6, 6.07) is 11.2. The Morgan fingerprint density at radius 1 is 1.50 bits per heavy atom. The highest BCUT2D eigenvalue weighted by Gasteiger charge is 1.94. The van der Waals surface area contributed by atoms with Gasteiger partial charge in [-0.1, -0.05) is 38.1 Å². The lowest BCUT2D eigenvalue weighted by molar-refractivity contribution is 0.647. The van der Waals surface area contributed by atoms with Crippen LogP contribution >= 0.6 is 0 Å². The Kier molecular flexibility index (Phi) is 2.49. The van der Waals surface area contributed by atoms with Gasteiger partial charge in [0.15, 0.2) is 0 Å². The van der Waals surface area contributed by atoms with Crippen LogP contribution in [0.5, 0.6) is 0 Å². The molecule has 0 amide bonds. The lowest BCUT2D eigenvalue weighted by atomic mass is 10.0. The van der Waals surface area contributed by atoms with Gasteiger partial charge in [-0.15, -0.1) is 0 Å².